The fourth-order valence-electron chi connectivity index (χ4n) is 2.70. The van der Waals surface area contributed by atoms with Crippen LogP contribution in [0.1, 0.15) is 33.8 Å². The van der Waals surface area contributed by atoms with Gasteiger partial charge in [-0.05, 0) is 42.5 Å². The molecule has 4 nitrogen and oxygen atoms in total. The minimum Gasteiger partial charge on any atom is -0.373 e. The van der Waals surface area contributed by atoms with E-state index >= 15 is 0 Å². The van der Waals surface area contributed by atoms with Crippen molar-refractivity contribution in [2.45, 2.75) is 19.4 Å². The van der Waals surface area contributed by atoms with E-state index in [1.807, 2.05) is 4.90 Å². The SMILES string of the molecule is CNc1cc(C(=O)N2CCc3sccc3C2C)cc(Cl)n1. The number of thiophene rings is 1. The quantitative estimate of drug-likeness (QED) is 0.860. The number of pyridine rings is 1. The third-order valence-electron chi connectivity index (χ3n) is 3.84. The Kier molecular flexibility index (Phi) is 3.87. The maximum absolute atomic E-state index is 12.8. The molecule has 110 valence electrons. The highest BCUT2D eigenvalue weighted by Gasteiger charge is 2.29. The van der Waals surface area contributed by atoms with Crippen LogP contribution in [0.2, 0.25) is 5.15 Å². The molecule has 0 aromatic carbocycles. The molecule has 1 amide bonds. The molecule has 0 spiro atoms. The number of nitrogens with one attached hydrogen (secondary N) is 1. The lowest BCUT2D eigenvalue weighted by molar-refractivity contribution is 0.0679. The van der Waals surface area contributed by atoms with Crippen molar-refractivity contribution in [1.82, 2.24) is 9.88 Å². The van der Waals surface area contributed by atoms with E-state index in [1.165, 1.54) is 10.4 Å². The Labute approximate surface area is 132 Å². The summed E-state index contributed by atoms with van der Waals surface area (Å²) in [5, 5.41) is 5.34. The van der Waals surface area contributed by atoms with E-state index in [-0.39, 0.29) is 11.9 Å². The molecule has 2 aromatic rings. The number of carbonyl (C=O) groups is 1. The molecule has 0 fully saturated rings. The zero-order valence-corrected chi connectivity index (χ0v) is 13.5. The van der Waals surface area contributed by atoms with Crippen molar-refractivity contribution < 1.29 is 4.79 Å². The molecule has 0 saturated heterocycles. The summed E-state index contributed by atoms with van der Waals surface area (Å²) in [4.78, 5) is 20.2. The van der Waals surface area contributed by atoms with Crippen LogP contribution in [0.3, 0.4) is 0 Å². The molecule has 2 aromatic heterocycles. The molecule has 1 N–H and O–H groups in total. The van der Waals surface area contributed by atoms with Gasteiger partial charge in [0.05, 0.1) is 6.04 Å². The van der Waals surface area contributed by atoms with E-state index < -0.39 is 0 Å². The van der Waals surface area contributed by atoms with E-state index in [2.05, 4.69) is 28.7 Å². The summed E-state index contributed by atoms with van der Waals surface area (Å²) in [6.07, 6.45) is 0.917. The van der Waals surface area contributed by atoms with Crippen LogP contribution in [-0.4, -0.2) is 29.4 Å². The van der Waals surface area contributed by atoms with Crippen molar-refractivity contribution in [2.75, 3.05) is 18.9 Å². The number of halogens is 1. The molecule has 1 unspecified atom stereocenters. The van der Waals surface area contributed by atoms with Crippen LogP contribution in [0.15, 0.2) is 23.6 Å². The zero-order valence-electron chi connectivity index (χ0n) is 11.9. The van der Waals surface area contributed by atoms with E-state index in [9.17, 15) is 4.79 Å². The lowest BCUT2D eigenvalue weighted by Crippen LogP contribution is -2.38. The smallest absolute Gasteiger partial charge is 0.254 e. The number of rotatable bonds is 2. The van der Waals surface area contributed by atoms with Crippen molar-refractivity contribution in [3.8, 4) is 0 Å². The number of amides is 1. The highest BCUT2D eigenvalue weighted by atomic mass is 35.5. The largest absolute Gasteiger partial charge is 0.373 e. The number of hydrogen-bond acceptors (Lipinski definition) is 4. The number of aromatic nitrogens is 1. The Morgan fingerprint density at radius 1 is 1.52 bits per heavy atom. The number of hydrogen-bond donors (Lipinski definition) is 1. The van der Waals surface area contributed by atoms with E-state index in [4.69, 9.17) is 11.6 Å². The van der Waals surface area contributed by atoms with Gasteiger partial charge in [0.25, 0.3) is 5.91 Å². The Balaban J connectivity index is 1.91. The van der Waals surface area contributed by atoms with Gasteiger partial charge in [-0.15, -0.1) is 11.3 Å². The fourth-order valence-corrected chi connectivity index (χ4v) is 3.87. The van der Waals surface area contributed by atoms with Gasteiger partial charge >= 0.3 is 0 Å². The van der Waals surface area contributed by atoms with E-state index in [1.54, 1.807) is 30.5 Å². The standard InChI is InChI=1S/C15H16ClN3OS/c1-9-11-4-6-21-12(11)3-5-19(9)15(20)10-7-13(16)18-14(8-10)17-2/h4,6-9H,3,5H2,1-2H3,(H,17,18). The van der Waals surface area contributed by atoms with Crippen LogP contribution >= 0.6 is 22.9 Å². The Morgan fingerprint density at radius 3 is 3.10 bits per heavy atom. The molecule has 0 aliphatic carbocycles. The van der Waals surface area contributed by atoms with Crippen LogP contribution < -0.4 is 5.32 Å². The second-order valence-corrected chi connectivity index (χ2v) is 6.43. The van der Waals surface area contributed by atoms with Gasteiger partial charge in [0.2, 0.25) is 0 Å². The fraction of sp³-hybridized carbons (Fsp3) is 0.333. The summed E-state index contributed by atoms with van der Waals surface area (Å²) >= 11 is 7.76. The minimum absolute atomic E-state index is 0.000139. The molecule has 1 atom stereocenters. The maximum atomic E-state index is 12.8. The summed E-state index contributed by atoms with van der Waals surface area (Å²) in [6, 6.07) is 5.57. The molecule has 6 heteroatoms. The molecule has 1 aliphatic rings. The molecule has 3 heterocycles. The molecule has 0 bridgehead atoms. The van der Waals surface area contributed by atoms with Crippen LogP contribution in [-0.2, 0) is 6.42 Å². The minimum atomic E-state index is 0.000139. The number of fused-ring (bicyclic) bond motifs is 1. The van der Waals surface area contributed by atoms with Gasteiger partial charge in [-0.2, -0.15) is 0 Å². The number of carbonyl (C=O) groups excluding carboxylic acids is 1. The van der Waals surface area contributed by atoms with Crippen LogP contribution in [0, 0.1) is 0 Å². The number of nitrogens with zero attached hydrogens (tertiary/aromatic N) is 2. The monoisotopic (exact) mass is 321 g/mol. The average molecular weight is 322 g/mol. The first-order chi connectivity index (χ1) is 10.1. The van der Waals surface area contributed by atoms with Crippen LogP contribution in [0.25, 0.3) is 0 Å². The molecular formula is C15H16ClN3OS. The molecule has 1 aliphatic heterocycles. The van der Waals surface area contributed by atoms with Gasteiger partial charge in [0.15, 0.2) is 0 Å². The van der Waals surface area contributed by atoms with E-state index in [0.29, 0.717) is 16.5 Å². The summed E-state index contributed by atoms with van der Waals surface area (Å²) < 4.78 is 0. The third kappa shape index (κ3) is 2.63. The second-order valence-electron chi connectivity index (χ2n) is 5.04. The maximum Gasteiger partial charge on any atom is 0.254 e. The van der Waals surface area contributed by atoms with Crippen molar-refractivity contribution in [3.63, 3.8) is 0 Å². The predicted molar refractivity (Wildman–Crippen MR) is 86.3 cm³/mol. The van der Waals surface area contributed by atoms with Gasteiger partial charge in [-0.3, -0.25) is 4.79 Å². The highest BCUT2D eigenvalue weighted by molar-refractivity contribution is 7.10. The Bertz CT molecular complexity index is 685. The van der Waals surface area contributed by atoms with Crippen LogP contribution in [0.4, 0.5) is 5.82 Å². The van der Waals surface area contributed by atoms with E-state index in [0.717, 1.165) is 13.0 Å². The lowest BCUT2D eigenvalue weighted by Gasteiger charge is -2.33. The first kappa shape index (κ1) is 14.4. The van der Waals surface area contributed by atoms with Crippen molar-refractivity contribution in [2.24, 2.45) is 0 Å². The van der Waals surface area contributed by atoms with Crippen molar-refractivity contribution in [3.05, 3.63) is 44.7 Å². The van der Waals surface area contributed by atoms with Gasteiger partial charge in [0, 0.05) is 24.0 Å². The van der Waals surface area contributed by atoms with Crippen molar-refractivity contribution >= 4 is 34.7 Å². The first-order valence-electron chi connectivity index (χ1n) is 6.82. The molecule has 0 radical (unpaired) electrons. The zero-order chi connectivity index (χ0) is 15.0. The Morgan fingerprint density at radius 2 is 2.33 bits per heavy atom. The Hall–Kier alpha value is -1.59. The predicted octanol–water partition coefficient (Wildman–Crippen LogP) is 3.60. The van der Waals surface area contributed by atoms with Gasteiger partial charge in [-0.25, -0.2) is 4.98 Å². The topological polar surface area (TPSA) is 45.2 Å². The molecule has 21 heavy (non-hydrogen) atoms. The summed E-state index contributed by atoms with van der Waals surface area (Å²) in [7, 11) is 1.76. The highest BCUT2D eigenvalue weighted by Crippen LogP contribution is 2.33. The molecular weight excluding hydrogens is 306 g/mol. The normalized spacial score (nSPS) is 17.5. The summed E-state index contributed by atoms with van der Waals surface area (Å²) in [5.41, 5.74) is 1.83. The molecule has 3 rings (SSSR count). The average Bonchev–Trinajstić information content (AvgIpc) is 2.95. The van der Waals surface area contributed by atoms with Gasteiger partial charge in [-0.1, -0.05) is 11.6 Å². The summed E-state index contributed by atoms with van der Waals surface area (Å²) in [6.45, 7) is 2.81. The van der Waals surface area contributed by atoms with Gasteiger partial charge < -0.3 is 10.2 Å². The summed E-state index contributed by atoms with van der Waals surface area (Å²) in [5.74, 6) is 0.604. The van der Waals surface area contributed by atoms with Crippen molar-refractivity contribution in [1.29, 1.82) is 0 Å². The van der Waals surface area contributed by atoms with Crippen LogP contribution in [0.5, 0.6) is 0 Å². The first-order valence-corrected chi connectivity index (χ1v) is 8.08. The lowest BCUT2D eigenvalue weighted by atomic mass is 10.0. The molecule has 0 saturated carbocycles. The van der Waals surface area contributed by atoms with Gasteiger partial charge in [0.1, 0.15) is 11.0 Å². The third-order valence-corrected chi connectivity index (χ3v) is 5.03. The number of anilines is 1. The second kappa shape index (κ2) is 5.66.